The molecule has 4 nitrogen and oxygen atoms in total. The average molecular weight is 380 g/mol. The zero-order valence-corrected chi connectivity index (χ0v) is 16.2. The van der Waals surface area contributed by atoms with Crippen LogP contribution in [0.5, 0.6) is 11.5 Å². The van der Waals surface area contributed by atoms with E-state index in [1.165, 1.54) is 0 Å². The highest BCUT2D eigenvalue weighted by atomic mass is 35.5. The van der Waals surface area contributed by atoms with Crippen molar-refractivity contribution in [1.82, 2.24) is 4.90 Å². The molecule has 0 N–H and O–H groups in total. The molecule has 0 spiro atoms. The second kappa shape index (κ2) is 9.59. The fraction of sp³-hybridized carbons (Fsp3) is 0.316. The largest absolute Gasteiger partial charge is 0.497 e. The molecule has 0 saturated carbocycles. The van der Waals surface area contributed by atoms with Crippen molar-refractivity contribution in [3.05, 3.63) is 58.6 Å². The molecule has 1 amide bonds. The van der Waals surface area contributed by atoms with Gasteiger partial charge in [0.1, 0.15) is 11.5 Å². The molecule has 0 unspecified atom stereocenters. The van der Waals surface area contributed by atoms with E-state index in [1.54, 1.807) is 37.9 Å². The maximum Gasteiger partial charge on any atom is 0.232 e. The van der Waals surface area contributed by atoms with Crippen LogP contribution in [-0.2, 0) is 17.1 Å². The zero-order valence-electron chi connectivity index (χ0n) is 14.6. The lowest BCUT2D eigenvalue weighted by Crippen LogP contribution is -2.28. The van der Waals surface area contributed by atoms with E-state index < -0.39 is 0 Å². The van der Waals surface area contributed by atoms with Crippen LogP contribution in [0.2, 0.25) is 5.02 Å². The molecule has 25 heavy (non-hydrogen) atoms. The van der Waals surface area contributed by atoms with Gasteiger partial charge in [-0.15, -0.1) is 11.8 Å². The first-order chi connectivity index (χ1) is 12.0. The summed E-state index contributed by atoms with van der Waals surface area (Å²) in [6.45, 7) is 0.490. The van der Waals surface area contributed by atoms with Crippen LogP contribution >= 0.6 is 23.4 Å². The standard InChI is InChI=1S/C19H22ClNO3S/c1-21(11-15-7-8-17(23-2)10-18(15)24-3)19(22)13-25-12-14-5-4-6-16(20)9-14/h4-10H,11-13H2,1-3H3. The maximum absolute atomic E-state index is 12.3. The molecule has 0 bridgehead atoms. The number of thioether (sulfide) groups is 1. The van der Waals surface area contributed by atoms with Gasteiger partial charge in [-0.2, -0.15) is 0 Å². The van der Waals surface area contributed by atoms with E-state index in [-0.39, 0.29) is 5.91 Å². The van der Waals surface area contributed by atoms with Crippen LogP contribution in [0.25, 0.3) is 0 Å². The number of hydrogen-bond donors (Lipinski definition) is 0. The topological polar surface area (TPSA) is 38.8 Å². The summed E-state index contributed by atoms with van der Waals surface area (Å²) in [5, 5.41) is 0.716. The second-order valence-electron chi connectivity index (χ2n) is 5.55. The predicted octanol–water partition coefficient (Wildman–Crippen LogP) is 4.25. The Morgan fingerprint density at radius 1 is 1.16 bits per heavy atom. The number of rotatable bonds is 8. The van der Waals surface area contributed by atoms with Gasteiger partial charge in [-0.3, -0.25) is 4.79 Å². The number of amides is 1. The number of carbonyl (C=O) groups is 1. The summed E-state index contributed by atoms with van der Waals surface area (Å²) in [6, 6.07) is 13.3. The number of methoxy groups -OCH3 is 2. The third kappa shape index (κ3) is 5.87. The highest BCUT2D eigenvalue weighted by Gasteiger charge is 2.13. The summed E-state index contributed by atoms with van der Waals surface area (Å²) >= 11 is 7.55. The maximum atomic E-state index is 12.3. The minimum Gasteiger partial charge on any atom is -0.497 e. The molecule has 0 radical (unpaired) electrons. The SMILES string of the molecule is COc1ccc(CN(C)C(=O)CSCc2cccc(Cl)c2)c(OC)c1. The minimum atomic E-state index is 0.0740. The number of nitrogens with zero attached hydrogens (tertiary/aromatic N) is 1. The van der Waals surface area contributed by atoms with Gasteiger partial charge >= 0.3 is 0 Å². The number of carbonyl (C=O) groups excluding carboxylic acids is 1. The van der Waals surface area contributed by atoms with Crippen LogP contribution < -0.4 is 9.47 Å². The molecule has 0 aliphatic rings. The van der Waals surface area contributed by atoms with E-state index >= 15 is 0 Å². The fourth-order valence-corrected chi connectivity index (χ4v) is 3.44. The van der Waals surface area contributed by atoms with Crippen LogP contribution in [0, 0.1) is 0 Å². The molecule has 0 heterocycles. The van der Waals surface area contributed by atoms with Crippen LogP contribution in [-0.4, -0.2) is 37.8 Å². The molecule has 2 aromatic rings. The summed E-state index contributed by atoms with van der Waals surface area (Å²) < 4.78 is 10.6. The monoisotopic (exact) mass is 379 g/mol. The van der Waals surface area contributed by atoms with Gasteiger partial charge in [0.2, 0.25) is 5.91 Å². The van der Waals surface area contributed by atoms with Gasteiger partial charge in [-0.05, 0) is 29.8 Å². The van der Waals surface area contributed by atoms with Gasteiger partial charge < -0.3 is 14.4 Å². The molecule has 0 saturated heterocycles. The summed E-state index contributed by atoms with van der Waals surface area (Å²) in [5.41, 5.74) is 2.06. The van der Waals surface area contributed by atoms with Gasteiger partial charge in [-0.1, -0.05) is 23.7 Å². The molecular formula is C19H22ClNO3S. The fourth-order valence-electron chi connectivity index (χ4n) is 2.32. The zero-order chi connectivity index (χ0) is 18.2. The number of hydrogen-bond acceptors (Lipinski definition) is 4. The number of ether oxygens (including phenoxy) is 2. The lowest BCUT2D eigenvalue weighted by Gasteiger charge is -2.19. The molecule has 2 aromatic carbocycles. The Balaban J connectivity index is 1.87. The molecule has 0 fully saturated rings. The lowest BCUT2D eigenvalue weighted by molar-refractivity contribution is -0.127. The third-order valence-corrected chi connectivity index (χ3v) is 4.93. The highest BCUT2D eigenvalue weighted by molar-refractivity contribution is 7.99. The predicted molar refractivity (Wildman–Crippen MR) is 104 cm³/mol. The Morgan fingerprint density at radius 2 is 1.96 bits per heavy atom. The number of halogens is 1. The molecule has 134 valence electrons. The van der Waals surface area contributed by atoms with Crippen molar-refractivity contribution in [3.63, 3.8) is 0 Å². The first kappa shape index (κ1) is 19.5. The Kier molecular flexibility index (Phi) is 7.47. The molecule has 2 rings (SSSR count). The van der Waals surface area contributed by atoms with Crippen molar-refractivity contribution in [2.75, 3.05) is 27.0 Å². The average Bonchev–Trinajstić information content (AvgIpc) is 2.62. The van der Waals surface area contributed by atoms with Crippen LogP contribution in [0.4, 0.5) is 0 Å². The van der Waals surface area contributed by atoms with E-state index in [0.29, 0.717) is 23.1 Å². The Bertz CT molecular complexity index is 724. The van der Waals surface area contributed by atoms with Crippen LogP contribution in [0.15, 0.2) is 42.5 Å². The van der Waals surface area contributed by atoms with Gasteiger partial charge in [-0.25, -0.2) is 0 Å². The highest BCUT2D eigenvalue weighted by Crippen LogP contribution is 2.25. The summed E-state index contributed by atoms with van der Waals surface area (Å²) in [7, 11) is 5.02. The summed E-state index contributed by atoms with van der Waals surface area (Å²) in [6.07, 6.45) is 0. The van der Waals surface area contributed by atoms with Gasteiger partial charge in [0.15, 0.2) is 0 Å². The van der Waals surface area contributed by atoms with Crippen LogP contribution in [0.3, 0.4) is 0 Å². The first-order valence-electron chi connectivity index (χ1n) is 7.80. The van der Waals surface area contributed by atoms with E-state index in [4.69, 9.17) is 21.1 Å². The van der Waals surface area contributed by atoms with E-state index in [9.17, 15) is 4.79 Å². The first-order valence-corrected chi connectivity index (χ1v) is 9.33. The van der Waals surface area contributed by atoms with Crippen molar-refractivity contribution >= 4 is 29.3 Å². The third-order valence-electron chi connectivity index (χ3n) is 3.71. The quantitative estimate of drug-likeness (QED) is 0.687. The van der Waals surface area contributed by atoms with Crippen molar-refractivity contribution in [2.45, 2.75) is 12.3 Å². The smallest absolute Gasteiger partial charge is 0.232 e. The molecule has 0 aliphatic carbocycles. The Hall–Kier alpha value is -1.85. The van der Waals surface area contributed by atoms with Gasteiger partial charge in [0, 0.05) is 36.0 Å². The van der Waals surface area contributed by atoms with Gasteiger partial charge in [0.25, 0.3) is 0 Å². The molecule has 0 aliphatic heterocycles. The van der Waals surface area contributed by atoms with Gasteiger partial charge in [0.05, 0.1) is 20.0 Å². The molecule has 6 heteroatoms. The van der Waals surface area contributed by atoms with Crippen molar-refractivity contribution in [3.8, 4) is 11.5 Å². The second-order valence-corrected chi connectivity index (χ2v) is 6.97. The molecular weight excluding hydrogens is 358 g/mol. The normalized spacial score (nSPS) is 10.4. The summed E-state index contributed by atoms with van der Waals surface area (Å²) in [5.74, 6) is 2.69. The van der Waals surface area contributed by atoms with E-state index in [0.717, 1.165) is 22.6 Å². The Morgan fingerprint density at radius 3 is 2.64 bits per heavy atom. The molecule has 0 aromatic heterocycles. The summed E-state index contributed by atoms with van der Waals surface area (Å²) in [4.78, 5) is 14.0. The number of benzene rings is 2. The van der Waals surface area contributed by atoms with Crippen LogP contribution in [0.1, 0.15) is 11.1 Å². The van der Waals surface area contributed by atoms with E-state index in [1.807, 2.05) is 42.5 Å². The Labute approximate surface area is 158 Å². The minimum absolute atomic E-state index is 0.0740. The molecule has 0 atom stereocenters. The van der Waals surface area contributed by atoms with Crippen molar-refractivity contribution in [2.24, 2.45) is 0 Å². The van der Waals surface area contributed by atoms with Crippen molar-refractivity contribution in [1.29, 1.82) is 0 Å². The lowest BCUT2D eigenvalue weighted by atomic mass is 10.2. The van der Waals surface area contributed by atoms with Crippen molar-refractivity contribution < 1.29 is 14.3 Å². The van der Waals surface area contributed by atoms with E-state index in [2.05, 4.69) is 0 Å².